The highest BCUT2D eigenvalue weighted by molar-refractivity contribution is 5.71. The Kier molecular flexibility index (Phi) is 56.4. The normalized spacial score (nSPS) is 13.1. The maximum atomic E-state index is 12.9. The van der Waals surface area contributed by atoms with Gasteiger partial charge >= 0.3 is 17.9 Å². The van der Waals surface area contributed by atoms with Crippen LogP contribution in [0.15, 0.2) is 134 Å². The highest BCUT2D eigenvalue weighted by atomic mass is 16.6. The van der Waals surface area contributed by atoms with Crippen LogP contribution in [0.3, 0.4) is 0 Å². The van der Waals surface area contributed by atoms with E-state index in [1.807, 2.05) is 0 Å². The van der Waals surface area contributed by atoms with Crippen LogP contribution in [0.4, 0.5) is 0 Å². The first-order chi connectivity index (χ1) is 36.0. The van der Waals surface area contributed by atoms with Crippen LogP contribution >= 0.6 is 0 Å². The molecule has 0 aliphatic heterocycles. The maximum absolute atomic E-state index is 12.9. The number of rotatable bonds is 52. The predicted octanol–water partition coefficient (Wildman–Crippen LogP) is 20.2. The van der Waals surface area contributed by atoms with Crippen LogP contribution in [0.1, 0.15) is 252 Å². The lowest BCUT2D eigenvalue weighted by Gasteiger charge is -2.18. The molecular weight excluding hydrogens is 901 g/mol. The van der Waals surface area contributed by atoms with Gasteiger partial charge in [-0.3, -0.25) is 14.4 Å². The van der Waals surface area contributed by atoms with Crippen LogP contribution in [0, 0.1) is 0 Å². The standard InChI is InChI=1S/C67H108O6/c1-4-7-10-13-16-19-22-25-28-30-31-32-33-34-35-37-39-42-45-48-51-54-57-60-66(69)72-63-64(62-71-65(68)59-56-53-50-47-44-41-38-27-24-21-18-15-12-9-6-3)73-67(70)61-58-55-52-49-46-43-40-36-29-26-23-20-17-14-11-8-5-2/h7,9-10,12,16,18-19,21,25,27-28,31-32,34-35,38-39,42,44,47-48,51,64H,4-6,8,11,13-15,17,20,22-24,26,29-30,33,36-37,40-41,43,45-46,49-50,52-63H2,1-3H3/b10-7-,12-9-,19-16-,21-18-,28-25-,32-31-,35-34-,38-27-,42-39-,47-44-,51-48-. The van der Waals surface area contributed by atoms with E-state index in [9.17, 15) is 14.4 Å². The molecule has 0 N–H and O–H groups in total. The molecule has 0 aromatic rings. The minimum absolute atomic E-state index is 0.120. The molecule has 0 bridgehead atoms. The fourth-order valence-electron chi connectivity index (χ4n) is 7.78. The molecule has 0 spiro atoms. The van der Waals surface area contributed by atoms with Crippen LogP contribution in [0.2, 0.25) is 0 Å². The lowest BCUT2D eigenvalue weighted by Crippen LogP contribution is -2.30. The molecule has 0 rings (SSSR count). The number of hydrogen-bond acceptors (Lipinski definition) is 6. The molecule has 1 atom stereocenters. The molecule has 0 heterocycles. The summed E-state index contributed by atoms with van der Waals surface area (Å²) in [6.07, 6.45) is 84.5. The summed E-state index contributed by atoms with van der Waals surface area (Å²) in [6, 6.07) is 0. The van der Waals surface area contributed by atoms with Gasteiger partial charge in [-0.15, -0.1) is 0 Å². The Morgan fingerprint density at radius 1 is 0.288 bits per heavy atom. The number of ether oxygens (including phenoxy) is 3. The summed E-state index contributed by atoms with van der Waals surface area (Å²) in [7, 11) is 0. The summed E-state index contributed by atoms with van der Waals surface area (Å²) in [5.74, 6) is -1.02. The van der Waals surface area contributed by atoms with Gasteiger partial charge in [0.25, 0.3) is 0 Å². The number of carbonyl (C=O) groups excluding carboxylic acids is 3. The molecule has 0 radical (unpaired) electrons. The van der Waals surface area contributed by atoms with E-state index in [2.05, 4.69) is 154 Å². The third kappa shape index (κ3) is 58.3. The molecule has 0 aliphatic carbocycles. The average Bonchev–Trinajstić information content (AvgIpc) is 3.39. The van der Waals surface area contributed by atoms with Crippen molar-refractivity contribution in [3.8, 4) is 0 Å². The highest BCUT2D eigenvalue weighted by Gasteiger charge is 2.19. The molecular formula is C67H108O6. The topological polar surface area (TPSA) is 78.9 Å². The Bertz CT molecular complexity index is 1580. The van der Waals surface area contributed by atoms with Crippen molar-refractivity contribution in [2.75, 3.05) is 13.2 Å². The number of carbonyl (C=O) groups is 3. The van der Waals surface area contributed by atoms with Gasteiger partial charge in [0.15, 0.2) is 6.10 Å². The zero-order valence-electron chi connectivity index (χ0n) is 47.1. The third-order valence-electron chi connectivity index (χ3n) is 12.2. The van der Waals surface area contributed by atoms with E-state index in [-0.39, 0.29) is 37.5 Å². The molecule has 0 saturated carbocycles. The minimum atomic E-state index is -0.822. The van der Waals surface area contributed by atoms with E-state index < -0.39 is 6.10 Å². The van der Waals surface area contributed by atoms with Gasteiger partial charge in [0.2, 0.25) is 0 Å². The molecule has 0 saturated heterocycles. The first kappa shape index (κ1) is 68.6. The first-order valence-corrected chi connectivity index (χ1v) is 29.7. The van der Waals surface area contributed by atoms with E-state index in [1.54, 1.807) is 0 Å². The summed E-state index contributed by atoms with van der Waals surface area (Å²) < 4.78 is 16.8. The van der Waals surface area contributed by atoms with Crippen molar-refractivity contribution in [3.05, 3.63) is 134 Å². The van der Waals surface area contributed by atoms with E-state index in [4.69, 9.17) is 14.2 Å². The molecule has 0 aliphatic rings. The quantitative estimate of drug-likeness (QED) is 0.0261. The van der Waals surface area contributed by atoms with E-state index >= 15 is 0 Å². The molecule has 1 unspecified atom stereocenters. The lowest BCUT2D eigenvalue weighted by molar-refractivity contribution is -0.167. The van der Waals surface area contributed by atoms with Crippen molar-refractivity contribution in [1.29, 1.82) is 0 Å². The second kappa shape index (κ2) is 60.1. The van der Waals surface area contributed by atoms with Crippen LogP contribution in [-0.4, -0.2) is 37.2 Å². The van der Waals surface area contributed by atoms with Gasteiger partial charge in [0.05, 0.1) is 0 Å². The number of unbranched alkanes of at least 4 members (excludes halogenated alkanes) is 19. The van der Waals surface area contributed by atoms with Crippen molar-refractivity contribution in [2.24, 2.45) is 0 Å². The van der Waals surface area contributed by atoms with Crippen LogP contribution in [0.5, 0.6) is 0 Å². The molecule has 73 heavy (non-hydrogen) atoms. The van der Waals surface area contributed by atoms with Gasteiger partial charge in [-0.1, -0.05) is 257 Å². The number of allylic oxidation sites excluding steroid dienone is 22. The second-order valence-corrected chi connectivity index (χ2v) is 19.1. The molecule has 0 aromatic carbocycles. The summed E-state index contributed by atoms with van der Waals surface area (Å²) in [5.41, 5.74) is 0. The van der Waals surface area contributed by atoms with Gasteiger partial charge in [-0.2, -0.15) is 0 Å². The maximum Gasteiger partial charge on any atom is 0.306 e. The summed E-state index contributed by atoms with van der Waals surface area (Å²) >= 11 is 0. The average molecular weight is 1010 g/mol. The zero-order valence-corrected chi connectivity index (χ0v) is 47.1. The molecule has 412 valence electrons. The summed E-state index contributed by atoms with van der Waals surface area (Å²) in [6.45, 7) is 6.33. The fourth-order valence-corrected chi connectivity index (χ4v) is 7.78. The summed E-state index contributed by atoms with van der Waals surface area (Å²) in [4.78, 5) is 38.2. The van der Waals surface area contributed by atoms with E-state index in [0.29, 0.717) is 25.7 Å². The predicted molar refractivity (Wildman–Crippen MR) is 316 cm³/mol. The molecule has 6 nitrogen and oxygen atoms in total. The Morgan fingerprint density at radius 2 is 0.548 bits per heavy atom. The number of hydrogen-bond donors (Lipinski definition) is 0. The Morgan fingerprint density at radius 3 is 0.890 bits per heavy atom. The molecule has 6 heteroatoms. The molecule has 0 amide bonds. The summed E-state index contributed by atoms with van der Waals surface area (Å²) in [5, 5.41) is 0. The van der Waals surface area contributed by atoms with Crippen LogP contribution in [-0.2, 0) is 28.6 Å². The molecule has 0 aromatic heterocycles. The fraction of sp³-hybridized carbons (Fsp3) is 0.627. The lowest BCUT2D eigenvalue weighted by atomic mass is 10.0. The van der Waals surface area contributed by atoms with Crippen molar-refractivity contribution < 1.29 is 28.6 Å². The number of esters is 3. The van der Waals surface area contributed by atoms with Gasteiger partial charge in [0, 0.05) is 19.3 Å². The van der Waals surface area contributed by atoms with Gasteiger partial charge in [0.1, 0.15) is 13.2 Å². The minimum Gasteiger partial charge on any atom is -0.462 e. The second-order valence-electron chi connectivity index (χ2n) is 19.1. The SMILES string of the molecule is CC/C=C\C/C=C\C/C=C\C/C=C\C/C=C\C/C=C\C/C=C\CCCC(=O)OCC(COC(=O)CCCC/C=C\C/C=C\C/C=C\C/C=C\CC)OC(=O)CCCCCCCCCCCCCCCCCCC. The monoisotopic (exact) mass is 1010 g/mol. The third-order valence-corrected chi connectivity index (χ3v) is 12.2. The van der Waals surface area contributed by atoms with Crippen molar-refractivity contribution >= 4 is 17.9 Å². The highest BCUT2D eigenvalue weighted by Crippen LogP contribution is 2.15. The van der Waals surface area contributed by atoms with Crippen molar-refractivity contribution in [2.45, 2.75) is 258 Å². The smallest absolute Gasteiger partial charge is 0.306 e. The van der Waals surface area contributed by atoms with E-state index in [0.717, 1.165) is 109 Å². The first-order valence-electron chi connectivity index (χ1n) is 29.7. The zero-order chi connectivity index (χ0) is 52.9. The van der Waals surface area contributed by atoms with Crippen molar-refractivity contribution in [3.63, 3.8) is 0 Å². The van der Waals surface area contributed by atoms with Gasteiger partial charge in [-0.25, -0.2) is 0 Å². The largest absolute Gasteiger partial charge is 0.462 e. The molecule has 0 fully saturated rings. The Hall–Kier alpha value is -4.45. The Labute approximate surface area is 449 Å². The van der Waals surface area contributed by atoms with Crippen molar-refractivity contribution in [1.82, 2.24) is 0 Å². The van der Waals surface area contributed by atoms with Gasteiger partial charge < -0.3 is 14.2 Å². The Balaban J connectivity index is 4.53. The van der Waals surface area contributed by atoms with E-state index in [1.165, 1.54) is 89.9 Å². The van der Waals surface area contributed by atoms with Crippen LogP contribution < -0.4 is 0 Å². The van der Waals surface area contributed by atoms with Crippen LogP contribution in [0.25, 0.3) is 0 Å². The van der Waals surface area contributed by atoms with Gasteiger partial charge in [-0.05, 0) is 109 Å².